The van der Waals surface area contributed by atoms with Gasteiger partial charge in [-0.25, -0.2) is 0 Å². The maximum Gasteiger partial charge on any atom is 0.471 e. The van der Waals surface area contributed by atoms with Crippen molar-refractivity contribution in [1.82, 2.24) is 5.32 Å². The maximum absolute atomic E-state index is 13.9. The lowest BCUT2D eigenvalue weighted by atomic mass is 9.76. The number of ketones is 1. The van der Waals surface area contributed by atoms with Gasteiger partial charge in [-0.05, 0) is 25.3 Å². The monoisotopic (exact) mass is 631 g/mol. The van der Waals surface area contributed by atoms with Gasteiger partial charge < -0.3 is 15.2 Å². The number of hydrogen-bond acceptors (Lipinski definition) is 8. The van der Waals surface area contributed by atoms with E-state index in [1.54, 1.807) is 11.4 Å². The van der Waals surface area contributed by atoms with E-state index in [4.69, 9.17) is 4.74 Å². The summed E-state index contributed by atoms with van der Waals surface area (Å²) in [4.78, 5) is 79.6. The van der Waals surface area contributed by atoms with Gasteiger partial charge in [0.05, 0.1) is 28.7 Å². The number of benzene rings is 3. The smallest absolute Gasteiger partial charge is 0.377 e. The van der Waals surface area contributed by atoms with Crippen LogP contribution < -0.4 is 27.0 Å². The summed E-state index contributed by atoms with van der Waals surface area (Å²) in [5, 5.41) is 12.0. The van der Waals surface area contributed by atoms with Crippen molar-refractivity contribution in [2.24, 2.45) is 0 Å². The number of Topliss-reactive ketones (excluding diaryl/α,β-unsaturated/α-hetero) is 1. The van der Waals surface area contributed by atoms with Gasteiger partial charge in [0, 0.05) is 27.1 Å². The van der Waals surface area contributed by atoms with Gasteiger partial charge in [0.2, 0.25) is 0 Å². The van der Waals surface area contributed by atoms with E-state index in [9.17, 15) is 47.0 Å². The Morgan fingerprint density at radius 2 is 1.37 bits per heavy atom. The number of halogens is 3. The second-order valence-electron chi connectivity index (χ2n) is 11.3. The number of fused-ring (bicyclic) bond motifs is 2. The Bertz CT molecular complexity index is 2330. The van der Waals surface area contributed by atoms with Gasteiger partial charge in [0.1, 0.15) is 0 Å². The van der Waals surface area contributed by atoms with Crippen molar-refractivity contribution in [3.8, 4) is 0 Å². The van der Waals surface area contributed by atoms with Crippen LogP contribution in [0.4, 0.5) is 13.2 Å². The first-order valence-corrected chi connectivity index (χ1v) is 14.2. The van der Waals surface area contributed by atoms with Gasteiger partial charge in [0.15, 0.2) is 33.1 Å². The lowest BCUT2D eigenvalue weighted by molar-refractivity contribution is -0.186. The minimum absolute atomic E-state index is 0.00100. The molecule has 1 amide bonds. The molecule has 46 heavy (non-hydrogen) atoms. The summed E-state index contributed by atoms with van der Waals surface area (Å²) >= 11 is 0. The highest BCUT2D eigenvalue weighted by atomic mass is 19.4. The molecular weight excluding hydrogens is 607 g/mol. The van der Waals surface area contributed by atoms with Crippen molar-refractivity contribution < 1.29 is 32.6 Å². The predicted molar refractivity (Wildman–Crippen MR) is 161 cm³/mol. The van der Waals surface area contributed by atoms with Crippen molar-refractivity contribution in [2.75, 3.05) is 0 Å². The van der Waals surface area contributed by atoms with E-state index in [1.807, 2.05) is 0 Å². The van der Waals surface area contributed by atoms with Gasteiger partial charge in [0.25, 0.3) is 0 Å². The average Bonchev–Trinajstić information content (AvgIpc) is 3.03. The fourth-order valence-corrected chi connectivity index (χ4v) is 6.42. The van der Waals surface area contributed by atoms with Crippen LogP contribution in [0.5, 0.6) is 0 Å². The molecule has 4 atom stereocenters. The normalized spacial score (nSPS) is 21.9. The van der Waals surface area contributed by atoms with Crippen LogP contribution in [0, 0.1) is 10.4 Å². The molecule has 3 aromatic rings. The minimum atomic E-state index is -5.33. The van der Waals surface area contributed by atoms with E-state index >= 15 is 0 Å². The van der Waals surface area contributed by atoms with Crippen molar-refractivity contribution in [2.45, 2.75) is 49.8 Å². The lowest BCUT2D eigenvalue weighted by Crippen LogP contribution is -2.68. The first-order valence-electron chi connectivity index (χ1n) is 14.2. The number of alkyl halides is 3. The Morgan fingerprint density at radius 1 is 0.826 bits per heavy atom. The molecule has 0 aromatic heterocycles. The van der Waals surface area contributed by atoms with Gasteiger partial charge in [-0.1, -0.05) is 72.8 Å². The molecule has 1 heterocycles. The summed E-state index contributed by atoms with van der Waals surface area (Å²) in [6.07, 6.45) is -8.56. The van der Waals surface area contributed by atoms with E-state index in [1.165, 1.54) is 73.7 Å². The summed E-state index contributed by atoms with van der Waals surface area (Å²) in [6, 6.07) is 15.6. The number of rotatable bonds is 5. The summed E-state index contributed by atoms with van der Waals surface area (Å²) in [5.41, 5.74) is -5.68. The van der Waals surface area contributed by atoms with E-state index in [2.05, 4.69) is 0 Å². The van der Waals surface area contributed by atoms with Gasteiger partial charge >= 0.3 is 12.1 Å². The molecule has 0 spiro atoms. The van der Waals surface area contributed by atoms with Crippen LogP contribution in [-0.4, -0.2) is 46.8 Å². The standard InChI is InChI=1S/C34H24F3NO8/c1-16-33(45,31(43)17-8-3-2-4-9-17)23(38-32(44)34(35,36)37)15-19(46-16)14-18-10-7-13-22-24(18)30(42)26-25(29(22)41)27(39)20-11-5-6-12-21(20)28(26)40/h2-13,16,19,23,45H,14-15H2,1H3,(H,38,44)/t16-,19+,23+,33+/m1/s1. The van der Waals surface area contributed by atoms with Crippen molar-refractivity contribution in [1.29, 1.82) is 0 Å². The Morgan fingerprint density at radius 3 is 1.98 bits per heavy atom. The third kappa shape index (κ3) is 4.81. The SMILES string of the molecule is C[C@H]1O[C@@H](Cc2cccc3c(=O)c4c(=O)c5ccccc5c(=O)c=4c(=O)c23)C[C@H](NC(=O)C(F)(F)F)[C@]1(O)C(=O)c1ccccc1. The van der Waals surface area contributed by atoms with Gasteiger partial charge in [-0.3, -0.25) is 28.8 Å². The van der Waals surface area contributed by atoms with E-state index in [0.717, 1.165) is 0 Å². The highest BCUT2D eigenvalue weighted by Crippen LogP contribution is 2.35. The largest absolute Gasteiger partial charge is 0.471 e. The number of nitrogens with one attached hydrogen (secondary N) is 1. The zero-order valence-electron chi connectivity index (χ0n) is 24.0. The van der Waals surface area contributed by atoms with Crippen LogP contribution >= 0.6 is 0 Å². The van der Waals surface area contributed by atoms with Crippen LogP contribution in [0.25, 0.3) is 21.5 Å². The summed E-state index contributed by atoms with van der Waals surface area (Å²) < 4.78 is 46.0. The molecule has 1 fully saturated rings. The van der Waals surface area contributed by atoms with Crippen LogP contribution in [0.2, 0.25) is 0 Å². The van der Waals surface area contributed by atoms with Crippen molar-refractivity contribution >= 4 is 33.2 Å². The topological polar surface area (TPSA) is 144 Å². The van der Waals surface area contributed by atoms with Gasteiger partial charge in [-0.15, -0.1) is 0 Å². The molecule has 3 aliphatic rings. The average molecular weight is 632 g/mol. The summed E-state index contributed by atoms with van der Waals surface area (Å²) in [6.45, 7) is 1.27. The summed E-state index contributed by atoms with van der Waals surface area (Å²) in [5.74, 6) is -3.34. The summed E-state index contributed by atoms with van der Waals surface area (Å²) in [7, 11) is 0. The zero-order valence-corrected chi connectivity index (χ0v) is 24.0. The van der Waals surface area contributed by atoms with Crippen LogP contribution in [0.15, 0.2) is 92.0 Å². The van der Waals surface area contributed by atoms with E-state index < -0.39 is 80.3 Å². The third-order valence-electron chi connectivity index (χ3n) is 8.65. The second-order valence-corrected chi connectivity index (χ2v) is 11.3. The third-order valence-corrected chi connectivity index (χ3v) is 8.65. The molecular formula is C34H24F3NO8. The Balaban J connectivity index is 1.47. The molecule has 0 bridgehead atoms. The highest BCUT2D eigenvalue weighted by Gasteiger charge is 2.56. The van der Waals surface area contributed by atoms with Crippen LogP contribution in [0.3, 0.4) is 0 Å². The highest BCUT2D eigenvalue weighted by molar-refractivity contribution is 6.04. The molecule has 1 saturated heterocycles. The van der Waals surface area contributed by atoms with Gasteiger partial charge in [-0.2, -0.15) is 13.2 Å². The number of carbonyl (C=O) groups is 2. The Hall–Kier alpha value is -5.07. The number of hydrogen-bond donors (Lipinski definition) is 2. The Kier molecular flexibility index (Phi) is 7.45. The molecule has 6 rings (SSSR count). The minimum Gasteiger partial charge on any atom is -0.377 e. The van der Waals surface area contributed by atoms with Crippen LogP contribution in [-0.2, 0) is 16.0 Å². The number of amides is 1. The van der Waals surface area contributed by atoms with Crippen molar-refractivity contribution in [3.05, 3.63) is 135 Å². The van der Waals surface area contributed by atoms with Crippen molar-refractivity contribution in [3.63, 3.8) is 0 Å². The molecule has 2 aliphatic carbocycles. The molecule has 234 valence electrons. The fraction of sp³-hybridized carbons (Fsp3) is 0.235. The number of carbonyl (C=O) groups excluding carboxylic acids is 2. The molecule has 12 heteroatoms. The number of aliphatic hydroxyl groups is 1. The molecule has 3 aromatic carbocycles. The molecule has 0 radical (unpaired) electrons. The molecule has 0 unspecified atom stereocenters. The molecule has 2 N–H and O–H groups in total. The Labute approximate surface area is 256 Å². The zero-order chi connectivity index (χ0) is 33.1. The first kappa shape index (κ1) is 30.9. The van der Waals surface area contributed by atoms with E-state index in [0.29, 0.717) is 0 Å². The van der Waals surface area contributed by atoms with Crippen LogP contribution in [0.1, 0.15) is 29.3 Å². The van der Waals surface area contributed by atoms with E-state index in [-0.39, 0.29) is 39.1 Å². The maximum atomic E-state index is 13.9. The fourth-order valence-electron chi connectivity index (χ4n) is 6.42. The molecule has 9 nitrogen and oxygen atoms in total. The molecule has 0 saturated carbocycles. The lowest BCUT2D eigenvalue weighted by Gasteiger charge is -2.46. The second kappa shape index (κ2) is 11.1. The number of ether oxygens (including phenoxy) is 1. The quantitative estimate of drug-likeness (QED) is 0.282. The predicted octanol–water partition coefficient (Wildman–Crippen LogP) is 2.42. The molecule has 1 aliphatic heterocycles. The first-order chi connectivity index (χ1) is 21.7.